The van der Waals surface area contributed by atoms with Crippen LogP contribution < -0.4 is 11.1 Å². The number of nitrogen functional groups attached to an aromatic ring is 1. The molecule has 0 saturated heterocycles. The monoisotopic (exact) mass is 234 g/mol. The van der Waals surface area contributed by atoms with Gasteiger partial charge in [-0.3, -0.25) is 0 Å². The minimum absolute atomic E-state index is 0.683. The van der Waals surface area contributed by atoms with Gasteiger partial charge in [-0.15, -0.1) is 11.3 Å². The number of anilines is 2. The molecule has 0 aromatic carbocycles. The zero-order valence-corrected chi connectivity index (χ0v) is 10.1. The quantitative estimate of drug-likeness (QED) is 0.855. The third-order valence-corrected chi connectivity index (χ3v) is 3.25. The van der Waals surface area contributed by atoms with Crippen molar-refractivity contribution in [1.29, 1.82) is 0 Å². The Kier molecular flexibility index (Phi) is 3.05. The number of hydrogen-bond donors (Lipinski definition) is 2. The number of nitrogens with two attached hydrogens (primary N) is 1. The van der Waals surface area contributed by atoms with Crippen LogP contribution in [0.4, 0.5) is 11.5 Å². The lowest BCUT2D eigenvalue weighted by atomic mass is 10.3. The number of rotatable bonds is 3. The Bertz CT molecular complexity index is 492. The zero-order valence-electron chi connectivity index (χ0n) is 9.32. The molecule has 0 aliphatic rings. The van der Waals surface area contributed by atoms with Crippen LogP contribution in [0.25, 0.3) is 0 Å². The molecule has 0 radical (unpaired) electrons. The molecule has 5 heteroatoms. The van der Waals surface area contributed by atoms with Crippen LogP contribution in [0.15, 0.2) is 17.8 Å². The van der Waals surface area contributed by atoms with Gasteiger partial charge in [0.15, 0.2) is 0 Å². The summed E-state index contributed by atoms with van der Waals surface area (Å²) < 4.78 is 0. The molecule has 16 heavy (non-hydrogen) atoms. The Balaban J connectivity index is 2.08. The standard InChI is InChI=1S/C11H14N4S/c1-7-3-9(12)11(13-4-7)14-5-10-8(2)15-6-16-10/h3-4,6H,5,12H2,1-2H3,(H,13,14). The van der Waals surface area contributed by atoms with Gasteiger partial charge < -0.3 is 11.1 Å². The number of hydrogen-bond acceptors (Lipinski definition) is 5. The molecule has 0 spiro atoms. The maximum atomic E-state index is 5.86. The minimum Gasteiger partial charge on any atom is -0.396 e. The fourth-order valence-corrected chi connectivity index (χ4v) is 2.12. The summed E-state index contributed by atoms with van der Waals surface area (Å²) in [5, 5.41) is 3.22. The van der Waals surface area contributed by atoms with E-state index in [9.17, 15) is 0 Å². The summed E-state index contributed by atoms with van der Waals surface area (Å²) >= 11 is 1.64. The summed E-state index contributed by atoms with van der Waals surface area (Å²) in [5.74, 6) is 0.735. The lowest BCUT2D eigenvalue weighted by Crippen LogP contribution is -2.04. The predicted octanol–water partition coefficient (Wildman–Crippen LogP) is 2.35. The molecule has 84 valence electrons. The molecule has 2 aromatic rings. The topological polar surface area (TPSA) is 63.8 Å². The highest BCUT2D eigenvalue weighted by Crippen LogP contribution is 2.19. The molecule has 0 bridgehead atoms. The summed E-state index contributed by atoms with van der Waals surface area (Å²) in [6.45, 7) is 4.69. The van der Waals surface area contributed by atoms with Crippen molar-refractivity contribution >= 4 is 22.8 Å². The van der Waals surface area contributed by atoms with E-state index in [0.29, 0.717) is 5.69 Å². The van der Waals surface area contributed by atoms with E-state index in [-0.39, 0.29) is 0 Å². The molecular formula is C11H14N4S. The average Bonchev–Trinajstić information content (AvgIpc) is 2.63. The second-order valence-corrected chi connectivity index (χ2v) is 4.60. The molecule has 3 N–H and O–H groups in total. The van der Waals surface area contributed by atoms with E-state index in [0.717, 1.165) is 23.6 Å². The van der Waals surface area contributed by atoms with Crippen LogP contribution >= 0.6 is 11.3 Å². The van der Waals surface area contributed by atoms with Gasteiger partial charge in [-0.05, 0) is 25.5 Å². The number of thiazole rings is 1. The number of aryl methyl sites for hydroxylation is 2. The molecular weight excluding hydrogens is 220 g/mol. The van der Waals surface area contributed by atoms with E-state index in [1.807, 2.05) is 25.4 Å². The molecule has 2 aromatic heterocycles. The first kappa shape index (κ1) is 10.9. The Morgan fingerprint density at radius 1 is 1.38 bits per heavy atom. The fraction of sp³-hybridized carbons (Fsp3) is 0.273. The molecule has 0 unspecified atom stereocenters. The van der Waals surface area contributed by atoms with Crippen LogP contribution in [0.2, 0.25) is 0 Å². The molecule has 2 rings (SSSR count). The van der Waals surface area contributed by atoms with Crippen LogP contribution in [0, 0.1) is 13.8 Å². The Hall–Kier alpha value is -1.62. The van der Waals surface area contributed by atoms with Crippen molar-refractivity contribution in [2.75, 3.05) is 11.1 Å². The van der Waals surface area contributed by atoms with Crippen molar-refractivity contribution in [3.63, 3.8) is 0 Å². The molecule has 4 nitrogen and oxygen atoms in total. The first-order chi connectivity index (χ1) is 7.66. The van der Waals surface area contributed by atoms with Crippen molar-refractivity contribution in [2.45, 2.75) is 20.4 Å². The minimum atomic E-state index is 0.683. The van der Waals surface area contributed by atoms with Gasteiger partial charge in [-0.25, -0.2) is 9.97 Å². The van der Waals surface area contributed by atoms with Crippen LogP contribution in [-0.4, -0.2) is 9.97 Å². The number of pyridine rings is 1. The van der Waals surface area contributed by atoms with E-state index in [2.05, 4.69) is 15.3 Å². The average molecular weight is 234 g/mol. The van der Waals surface area contributed by atoms with Gasteiger partial charge in [0.1, 0.15) is 5.82 Å². The first-order valence-electron chi connectivity index (χ1n) is 5.02. The maximum Gasteiger partial charge on any atom is 0.149 e. The second kappa shape index (κ2) is 4.49. The number of nitrogens with zero attached hydrogens (tertiary/aromatic N) is 2. The predicted molar refractivity (Wildman–Crippen MR) is 67.6 cm³/mol. The SMILES string of the molecule is Cc1cnc(NCc2scnc2C)c(N)c1. The second-order valence-electron chi connectivity index (χ2n) is 3.67. The van der Waals surface area contributed by atoms with Crippen molar-refractivity contribution < 1.29 is 0 Å². The van der Waals surface area contributed by atoms with E-state index in [1.54, 1.807) is 17.5 Å². The highest BCUT2D eigenvalue weighted by Gasteiger charge is 2.04. The lowest BCUT2D eigenvalue weighted by molar-refractivity contribution is 1.09. The van der Waals surface area contributed by atoms with E-state index in [4.69, 9.17) is 5.73 Å². The first-order valence-corrected chi connectivity index (χ1v) is 5.89. The molecule has 0 aliphatic carbocycles. The van der Waals surface area contributed by atoms with Gasteiger partial charge in [0.25, 0.3) is 0 Å². The van der Waals surface area contributed by atoms with Gasteiger partial charge in [-0.2, -0.15) is 0 Å². The van der Waals surface area contributed by atoms with Crippen LogP contribution in [-0.2, 0) is 6.54 Å². The molecule has 0 atom stereocenters. The Morgan fingerprint density at radius 3 is 2.81 bits per heavy atom. The van der Waals surface area contributed by atoms with Crippen molar-refractivity contribution in [2.24, 2.45) is 0 Å². The Labute approximate surface area is 98.6 Å². The normalized spacial score (nSPS) is 10.4. The summed E-state index contributed by atoms with van der Waals surface area (Å²) in [7, 11) is 0. The highest BCUT2D eigenvalue weighted by atomic mass is 32.1. The molecule has 2 heterocycles. The van der Waals surface area contributed by atoms with Gasteiger partial charge in [0, 0.05) is 11.1 Å². The maximum absolute atomic E-state index is 5.86. The zero-order chi connectivity index (χ0) is 11.5. The van der Waals surface area contributed by atoms with Crippen LogP contribution in [0.1, 0.15) is 16.1 Å². The molecule has 0 aliphatic heterocycles. The van der Waals surface area contributed by atoms with E-state index < -0.39 is 0 Å². The summed E-state index contributed by atoms with van der Waals surface area (Å²) in [6.07, 6.45) is 1.80. The van der Waals surface area contributed by atoms with Crippen LogP contribution in [0.3, 0.4) is 0 Å². The van der Waals surface area contributed by atoms with Gasteiger partial charge in [0.05, 0.1) is 23.4 Å². The van der Waals surface area contributed by atoms with Crippen molar-refractivity contribution in [1.82, 2.24) is 9.97 Å². The largest absolute Gasteiger partial charge is 0.396 e. The van der Waals surface area contributed by atoms with Crippen LogP contribution in [0.5, 0.6) is 0 Å². The third kappa shape index (κ3) is 2.30. The fourth-order valence-electron chi connectivity index (χ4n) is 1.40. The molecule has 0 amide bonds. The number of aromatic nitrogens is 2. The van der Waals surface area contributed by atoms with E-state index in [1.165, 1.54) is 4.88 Å². The van der Waals surface area contributed by atoms with Gasteiger partial charge >= 0.3 is 0 Å². The highest BCUT2D eigenvalue weighted by molar-refractivity contribution is 7.09. The van der Waals surface area contributed by atoms with Gasteiger partial charge in [-0.1, -0.05) is 0 Å². The summed E-state index contributed by atoms with van der Waals surface area (Å²) in [6, 6.07) is 1.91. The molecule has 0 saturated carbocycles. The number of nitrogens with one attached hydrogen (secondary N) is 1. The third-order valence-electron chi connectivity index (χ3n) is 2.32. The lowest BCUT2D eigenvalue weighted by Gasteiger charge is -2.07. The smallest absolute Gasteiger partial charge is 0.149 e. The van der Waals surface area contributed by atoms with E-state index >= 15 is 0 Å². The van der Waals surface area contributed by atoms with Crippen molar-refractivity contribution in [3.8, 4) is 0 Å². The van der Waals surface area contributed by atoms with Gasteiger partial charge in [0.2, 0.25) is 0 Å². The summed E-state index contributed by atoms with van der Waals surface area (Å²) in [5.41, 5.74) is 10.5. The summed E-state index contributed by atoms with van der Waals surface area (Å²) in [4.78, 5) is 9.66. The van der Waals surface area contributed by atoms with Crippen molar-refractivity contribution in [3.05, 3.63) is 33.9 Å². The molecule has 0 fully saturated rings. The Morgan fingerprint density at radius 2 is 2.19 bits per heavy atom.